The lowest BCUT2D eigenvalue weighted by atomic mass is 9.88. The Balaban J connectivity index is 1.49. The molecule has 31 heavy (non-hydrogen) atoms. The first-order valence-electron chi connectivity index (χ1n) is 10.5. The third-order valence-electron chi connectivity index (χ3n) is 5.27. The number of fused-ring (bicyclic) bond motifs is 2. The molecule has 1 amide bonds. The fourth-order valence-electron chi connectivity index (χ4n) is 3.79. The number of nitrogens with zero attached hydrogens (tertiary/aromatic N) is 1. The van der Waals surface area contributed by atoms with Crippen LogP contribution in [0.2, 0.25) is 0 Å². The molecule has 0 saturated carbocycles. The van der Waals surface area contributed by atoms with E-state index in [1.54, 1.807) is 0 Å². The second-order valence-corrected chi connectivity index (χ2v) is 10.5. The minimum Gasteiger partial charge on any atom is -0.459 e. The van der Waals surface area contributed by atoms with Gasteiger partial charge in [0.2, 0.25) is 5.91 Å². The molecule has 0 bridgehead atoms. The Bertz CT molecular complexity index is 1130. The molecule has 6 nitrogen and oxygen atoms in total. The number of aromatic nitrogens is 2. The number of benzene rings is 1. The second kappa shape index (κ2) is 9.04. The number of aryl methyl sites for hydroxylation is 1. The number of H-pyrrole nitrogens is 1. The molecule has 1 aliphatic rings. The number of carbonyl (C=O) groups is 2. The van der Waals surface area contributed by atoms with Gasteiger partial charge in [0.1, 0.15) is 5.00 Å². The number of carbonyl (C=O) groups excluding carboxylic acids is 2. The van der Waals surface area contributed by atoms with Crippen molar-refractivity contribution in [2.75, 3.05) is 11.1 Å². The fourth-order valence-corrected chi connectivity index (χ4v) is 5.89. The number of hydrogen-bond donors (Lipinski definition) is 2. The average Bonchev–Trinajstić information content (AvgIpc) is 3.25. The van der Waals surface area contributed by atoms with Gasteiger partial charge in [-0.25, -0.2) is 9.78 Å². The van der Waals surface area contributed by atoms with Gasteiger partial charge in [0.25, 0.3) is 0 Å². The van der Waals surface area contributed by atoms with E-state index in [4.69, 9.17) is 4.74 Å². The highest BCUT2D eigenvalue weighted by atomic mass is 32.2. The molecule has 2 heterocycles. The highest BCUT2D eigenvalue weighted by Gasteiger charge is 2.29. The topological polar surface area (TPSA) is 84.1 Å². The Morgan fingerprint density at radius 1 is 1.39 bits per heavy atom. The summed E-state index contributed by atoms with van der Waals surface area (Å²) in [5.74, 6) is 0.275. The van der Waals surface area contributed by atoms with Crippen LogP contribution in [0.15, 0.2) is 23.4 Å². The van der Waals surface area contributed by atoms with Gasteiger partial charge in [0.15, 0.2) is 5.16 Å². The molecule has 0 radical (unpaired) electrons. The van der Waals surface area contributed by atoms with Crippen molar-refractivity contribution >= 4 is 51.0 Å². The van der Waals surface area contributed by atoms with Crippen molar-refractivity contribution in [2.24, 2.45) is 5.92 Å². The van der Waals surface area contributed by atoms with Crippen molar-refractivity contribution in [2.45, 2.75) is 58.2 Å². The van der Waals surface area contributed by atoms with Gasteiger partial charge in [0.05, 0.1) is 28.5 Å². The lowest BCUT2D eigenvalue weighted by Gasteiger charge is -2.18. The summed E-state index contributed by atoms with van der Waals surface area (Å²) in [6.07, 6.45) is 2.62. The molecular weight excluding hydrogens is 430 g/mol. The summed E-state index contributed by atoms with van der Waals surface area (Å²) in [4.78, 5) is 34.5. The number of ether oxygens (including phenoxy) is 1. The molecule has 1 aliphatic carbocycles. The first-order valence-corrected chi connectivity index (χ1v) is 12.3. The largest absolute Gasteiger partial charge is 0.459 e. The molecule has 0 aliphatic heterocycles. The number of rotatable bonds is 6. The zero-order valence-corrected chi connectivity index (χ0v) is 19.8. The molecule has 1 atom stereocenters. The molecule has 2 aromatic heterocycles. The maximum Gasteiger partial charge on any atom is 0.341 e. The van der Waals surface area contributed by atoms with Crippen LogP contribution < -0.4 is 5.32 Å². The van der Waals surface area contributed by atoms with E-state index in [2.05, 4.69) is 22.2 Å². The normalized spacial score (nSPS) is 15.8. The van der Waals surface area contributed by atoms with E-state index >= 15 is 0 Å². The number of nitrogens with one attached hydrogen (secondary N) is 2. The van der Waals surface area contributed by atoms with Crippen LogP contribution in [0.25, 0.3) is 11.0 Å². The predicted molar refractivity (Wildman–Crippen MR) is 126 cm³/mol. The van der Waals surface area contributed by atoms with Gasteiger partial charge in [-0.05, 0) is 69.2 Å². The minimum absolute atomic E-state index is 0.160. The van der Waals surface area contributed by atoms with Crippen molar-refractivity contribution in [3.8, 4) is 0 Å². The molecule has 4 rings (SSSR count). The number of amides is 1. The van der Waals surface area contributed by atoms with Gasteiger partial charge in [-0.3, -0.25) is 4.79 Å². The Morgan fingerprint density at radius 2 is 2.19 bits per heavy atom. The van der Waals surface area contributed by atoms with Crippen LogP contribution in [0, 0.1) is 12.8 Å². The molecular formula is C23H27N3O3S2. The number of thioether (sulfide) groups is 1. The van der Waals surface area contributed by atoms with Gasteiger partial charge in [-0.15, -0.1) is 11.3 Å². The van der Waals surface area contributed by atoms with Gasteiger partial charge in [-0.2, -0.15) is 0 Å². The number of aromatic amines is 1. The molecule has 2 N–H and O–H groups in total. The van der Waals surface area contributed by atoms with Crippen molar-refractivity contribution < 1.29 is 14.3 Å². The molecule has 1 aromatic carbocycles. The second-order valence-electron chi connectivity index (χ2n) is 8.41. The minimum atomic E-state index is -0.349. The SMILES string of the molecule is Cc1ccc2nc(SCC(=O)Nc3sc4c(c3C(=O)OC(C)C)CC[C@@H](C)C4)[nH]c2c1. The van der Waals surface area contributed by atoms with Crippen LogP contribution >= 0.6 is 23.1 Å². The summed E-state index contributed by atoms with van der Waals surface area (Å²) >= 11 is 2.86. The predicted octanol–water partition coefficient (Wildman–Crippen LogP) is 5.35. The highest BCUT2D eigenvalue weighted by molar-refractivity contribution is 7.99. The monoisotopic (exact) mass is 457 g/mol. The summed E-state index contributed by atoms with van der Waals surface area (Å²) in [5, 5.41) is 4.28. The van der Waals surface area contributed by atoms with Crippen LogP contribution in [-0.2, 0) is 22.4 Å². The number of hydrogen-bond acceptors (Lipinski definition) is 6. The molecule has 0 saturated heterocycles. The van der Waals surface area contributed by atoms with E-state index < -0.39 is 0 Å². The molecule has 164 valence electrons. The summed E-state index contributed by atoms with van der Waals surface area (Å²) in [5.41, 5.74) is 4.58. The number of imidazole rings is 1. The van der Waals surface area contributed by atoms with E-state index in [0.29, 0.717) is 21.6 Å². The smallest absolute Gasteiger partial charge is 0.341 e. The number of thiophene rings is 1. The van der Waals surface area contributed by atoms with Gasteiger partial charge in [-0.1, -0.05) is 24.8 Å². The van der Waals surface area contributed by atoms with Crippen LogP contribution in [0.4, 0.5) is 5.00 Å². The van der Waals surface area contributed by atoms with E-state index in [1.165, 1.54) is 28.0 Å². The Labute approximate surface area is 190 Å². The Hall–Kier alpha value is -2.32. The zero-order valence-electron chi connectivity index (χ0n) is 18.2. The first kappa shape index (κ1) is 21.9. The third kappa shape index (κ3) is 4.96. The van der Waals surface area contributed by atoms with Crippen molar-refractivity contribution in [3.63, 3.8) is 0 Å². The van der Waals surface area contributed by atoms with Gasteiger partial charge in [0, 0.05) is 4.88 Å². The third-order valence-corrected chi connectivity index (χ3v) is 7.31. The van der Waals surface area contributed by atoms with E-state index in [9.17, 15) is 9.59 Å². The molecule has 3 aromatic rings. The Morgan fingerprint density at radius 3 is 2.97 bits per heavy atom. The van der Waals surface area contributed by atoms with Crippen LogP contribution in [0.1, 0.15) is 53.6 Å². The van der Waals surface area contributed by atoms with Crippen LogP contribution in [0.3, 0.4) is 0 Å². The zero-order chi connectivity index (χ0) is 22.1. The quantitative estimate of drug-likeness (QED) is 0.385. The summed E-state index contributed by atoms with van der Waals surface area (Å²) < 4.78 is 5.48. The first-order chi connectivity index (χ1) is 14.8. The highest BCUT2D eigenvalue weighted by Crippen LogP contribution is 2.40. The fraction of sp³-hybridized carbons (Fsp3) is 0.435. The lowest BCUT2D eigenvalue weighted by molar-refractivity contribution is -0.113. The van der Waals surface area contributed by atoms with E-state index in [-0.39, 0.29) is 23.7 Å². The Kier molecular flexibility index (Phi) is 6.39. The van der Waals surface area contributed by atoms with Crippen LogP contribution in [0.5, 0.6) is 0 Å². The molecule has 0 fully saturated rings. The molecule has 0 unspecified atom stereocenters. The van der Waals surface area contributed by atoms with Crippen LogP contribution in [-0.4, -0.2) is 33.7 Å². The molecule has 0 spiro atoms. The van der Waals surface area contributed by atoms with Crippen molar-refractivity contribution in [3.05, 3.63) is 39.8 Å². The molecule has 8 heteroatoms. The van der Waals surface area contributed by atoms with Crippen molar-refractivity contribution in [1.29, 1.82) is 0 Å². The number of esters is 1. The summed E-state index contributed by atoms with van der Waals surface area (Å²) in [6.45, 7) is 7.92. The van der Waals surface area contributed by atoms with E-state index in [1.807, 2.05) is 39.0 Å². The summed E-state index contributed by atoms with van der Waals surface area (Å²) in [7, 11) is 0. The van der Waals surface area contributed by atoms with Gasteiger partial charge >= 0.3 is 5.97 Å². The summed E-state index contributed by atoms with van der Waals surface area (Å²) in [6, 6.07) is 6.02. The van der Waals surface area contributed by atoms with Crippen molar-refractivity contribution in [1.82, 2.24) is 9.97 Å². The maximum absolute atomic E-state index is 12.8. The maximum atomic E-state index is 12.8. The van der Waals surface area contributed by atoms with E-state index in [0.717, 1.165) is 41.4 Å². The standard InChI is InChI=1S/C23H27N3O3S2/c1-12(2)29-22(28)20-15-7-5-14(4)10-18(15)31-21(20)26-19(27)11-30-23-24-16-8-6-13(3)9-17(16)25-23/h6,8-9,12,14H,5,7,10-11H2,1-4H3,(H,24,25)(H,26,27)/t14-/m1/s1. The lowest BCUT2D eigenvalue weighted by Crippen LogP contribution is -2.19. The number of anilines is 1. The average molecular weight is 458 g/mol. The van der Waals surface area contributed by atoms with Gasteiger partial charge < -0.3 is 15.0 Å².